The Kier molecular flexibility index (Phi) is 9.08. The minimum atomic E-state index is 0.719. The number of ether oxygens (including phenoxy) is 2. The molecule has 0 unspecified atom stereocenters. The third kappa shape index (κ3) is 7.57. The summed E-state index contributed by atoms with van der Waals surface area (Å²) in [5.41, 5.74) is 2.49. The van der Waals surface area contributed by atoms with Crippen molar-refractivity contribution in [1.82, 2.24) is 10.6 Å². The van der Waals surface area contributed by atoms with E-state index >= 15 is 0 Å². The molecule has 5 nitrogen and oxygen atoms in total. The normalized spacial score (nSPS) is 11.2. The lowest BCUT2D eigenvalue weighted by Gasteiger charge is -2.12. The molecule has 2 aromatic carbocycles. The predicted molar refractivity (Wildman–Crippen MR) is 107 cm³/mol. The van der Waals surface area contributed by atoms with Gasteiger partial charge in [0.05, 0.1) is 13.7 Å². The quantitative estimate of drug-likeness (QED) is 0.391. The summed E-state index contributed by atoms with van der Waals surface area (Å²) < 4.78 is 10.9. The van der Waals surface area contributed by atoms with Crippen LogP contribution >= 0.6 is 0 Å². The molecule has 0 aliphatic carbocycles. The number of rotatable bonds is 10. The van der Waals surface area contributed by atoms with Gasteiger partial charge in [0.15, 0.2) is 5.96 Å². The maximum absolute atomic E-state index is 5.69. The number of aliphatic imine (C=N–C) groups is 1. The Morgan fingerprint density at radius 3 is 2.38 bits per heavy atom. The van der Waals surface area contributed by atoms with Crippen molar-refractivity contribution in [1.29, 1.82) is 0 Å². The van der Waals surface area contributed by atoms with E-state index in [0.29, 0.717) is 0 Å². The summed E-state index contributed by atoms with van der Waals surface area (Å²) >= 11 is 0. The van der Waals surface area contributed by atoms with Crippen molar-refractivity contribution in [3.8, 4) is 5.75 Å². The third-order valence-corrected chi connectivity index (χ3v) is 3.98. The van der Waals surface area contributed by atoms with Gasteiger partial charge in [-0.25, -0.2) is 0 Å². The Morgan fingerprint density at radius 1 is 0.923 bits per heavy atom. The van der Waals surface area contributed by atoms with Crippen LogP contribution in [0.15, 0.2) is 59.6 Å². The first kappa shape index (κ1) is 19.8. The molecule has 0 saturated heterocycles. The molecule has 0 aliphatic rings. The van der Waals surface area contributed by atoms with E-state index in [9.17, 15) is 0 Å². The fraction of sp³-hybridized carbons (Fsp3) is 0.381. The Labute approximate surface area is 156 Å². The number of methoxy groups -OCH3 is 1. The number of hydrogen-bond donors (Lipinski definition) is 2. The highest BCUT2D eigenvalue weighted by Gasteiger charge is 1.99. The smallest absolute Gasteiger partial charge is 0.191 e. The highest BCUT2D eigenvalue weighted by atomic mass is 16.5. The molecule has 0 radical (unpaired) electrons. The fourth-order valence-electron chi connectivity index (χ4n) is 2.47. The van der Waals surface area contributed by atoms with Gasteiger partial charge in [-0.2, -0.15) is 0 Å². The summed E-state index contributed by atoms with van der Waals surface area (Å²) in [6.07, 6.45) is 1.90. The lowest BCUT2D eigenvalue weighted by atomic mass is 10.2. The van der Waals surface area contributed by atoms with Crippen LogP contribution in [0.25, 0.3) is 0 Å². The number of guanidine groups is 1. The molecule has 0 heterocycles. The Bertz CT molecular complexity index is 642. The van der Waals surface area contributed by atoms with Crippen LogP contribution < -0.4 is 15.4 Å². The molecule has 0 amide bonds. The van der Waals surface area contributed by atoms with Crippen LogP contribution in [0.5, 0.6) is 5.75 Å². The lowest BCUT2D eigenvalue weighted by molar-refractivity contribution is 0.135. The number of nitrogens with zero attached hydrogens (tertiary/aromatic N) is 1. The summed E-state index contributed by atoms with van der Waals surface area (Å²) in [5.74, 6) is 1.66. The van der Waals surface area contributed by atoms with E-state index in [-0.39, 0.29) is 0 Å². The van der Waals surface area contributed by atoms with Crippen molar-refractivity contribution in [2.45, 2.75) is 19.4 Å². The van der Waals surface area contributed by atoms with Crippen LogP contribution in [0.2, 0.25) is 0 Å². The van der Waals surface area contributed by atoms with Gasteiger partial charge in [-0.3, -0.25) is 4.99 Å². The van der Waals surface area contributed by atoms with Gasteiger partial charge in [0.2, 0.25) is 0 Å². The van der Waals surface area contributed by atoms with E-state index in [1.807, 2.05) is 30.3 Å². The molecular weight excluding hydrogens is 326 g/mol. The molecule has 2 N–H and O–H groups in total. The SMILES string of the molecule is CN=C(NCCCOCCc1ccccc1)NCc1ccc(OC)cc1. The van der Waals surface area contributed by atoms with E-state index in [1.54, 1.807) is 14.2 Å². The summed E-state index contributed by atoms with van der Waals surface area (Å²) in [7, 11) is 3.45. The zero-order valence-corrected chi connectivity index (χ0v) is 15.7. The monoisotopic (exact) mass is 355 g/mol. The van der Waals surface area contributed by atoms with Crippen molar-refractivity contribution in [3.63, 3.8) is 0 Å². The molecule has 2 aromatic rings. The largest absolute Gasteiger partial charge is 0.497 e. The van der Waals surface area contributed by atoms with Gasteiger partial charge < -0.3 is 20.1 Å². The van der Waals surface area contributed by atoms with E-state index in [2.05, 4.69) is 39.9 Å². The van der Waals surface area contributed by atoms with Gasteiger partial charge in [0.25, 0.3) is 0 Å². The molecule has 0 fully saturated rings. The van der Waals surface area contributed by atoms with Crippen LogP contribution in [-0.4, -0.2) is 39.9 Å². The predicted octanol–water partition coefficient (Wildman–Crippen LogP) is 3.01. The first-order valence-corrected chi connectivity index (χ1v) is 9.01. The average Bonchev–Trinajstić information content (AvgIpc) is 2.70. The second kappa shape index (κ2) is 11.9. The Morgan fingerprint density at radius 2 is 1.69 bits per heavy atom. The van der Waals surface area contributed by atoms with Crippen molar-refractivity contribution < 1.29 is 9.47 Å². The van der Waals surface area contributed by atoms with Crippen LogP contribution in [-0.2, 0) is 17.7 Å². The highest BCUT2D eigenvalue weighted by Crippen LogP contribution is 2.10. The number of nitrogens with one attached hydrogen (secondary N) is 2. The molecule has 0 saturated carbocycles. The van der Waals surface area contributed by atoms with Gasteiger partial charge in [0, 0.05) is 26.7 Å². The number of benzene rings is 2. The summed E-state index contributed by atoms with van der Waals surface area (Å²) in [4.78, 5) is 4.24. The van der Waals surface area contributed by atoms with Crippen molar-refractivity contribution in [2.24, 2.45) is 4.99 Å². The van der Waals surface area contributed by atoms with Crippen LogP contribution in [0.4, 0.5) is 0 Å². The average molecular weight is 355 g/mol. The van der Waals surface area contributed by atoms with E-state index in [0.717, 1.165) is 50.9 Å². The molecule has 140 valence electrons. The summed E-state index contributed by atoms with van der Waals surface area (Å²) in [6.45, 7) is 3.05. The van der Waals surface area contributed by atoms with Crippen LogP contribution in [0.1, 0.15) is 17.5 Å². The van der Waals surface area contributed by atoms with E-state index in [1.165, 1.54) is 11.1 Å². The van der Waals surface area contributed by atoms with Gasteiger partial charge in [0.1, 0.15) is 5.75 Å². The van der Waals surface area contributed by atoms with Gasteiger partial charge >= 0.3 is 0 Å². The minimum absolute atomic E-state index is 0.719. The molecule has 0 aliphatic heterocycles. The molecule has 0 bridgehead atoms. The standard InChI is InChI=1S/C21H29N3O2/c1-22-21(24-17-19-9-11-20(25-2)12-10-19)23-14-6-15-26-16-13-18-7-4-3-5-8-18/h3-5,7-12H,6,13-17H2,1-2H3,(H2,22,23,24). The first-order valence-electron chi connectivity index (χ1n) is 9.01. The van der Waals surface area contributed by atoms with E-state index in [4.69, 9.17) is 9.47 Å². The van der Waals surface area contributed by atoms with Crippen LogP contribution in [0, 0.1) is 0 Å². The molecule has 0 aromatic heterocycles. The minimum Gasteiger partial charge on any atom is -0.497 e. The molecular formula is C21H29N3O2. The van der Waals surface area contributed by atoms with Gasteiger partial charge in [-0.05, 0) is 36.1 Å². The van der Waals surface area contributed by atoms with Crippen molar-refractivity contribution in [2.75, 3.05) is 33.9 Å². The van der Waals surface area contributed by atoms with E-state index < -0.39 is 0 Å². The zero-order chi connectivity index (χ0) is 18.5. The molecule has 0 atom stereocenters. The first-order chi connectivity index (χ1) is 12.8. The maximum Gasteiger partial charge on any atom is 0.191 e. The zero-order valence-electron chi connectivity index (χ0n) is 15.7. The maximum atomic E-state index is 5.69. The summed E-state index contributed by atoms with van der Waals surface area (Å²) in [6, 6.07) is 18.4. The Balaban J connectivity index is 1.54. The highest BCUT2D eigenvalue weighted by molar-refractivity contribution is 5.79. The second-order valence-corrected chi connectivity index (χ2v) is 5.90. The third-order valence-electron chi connectivity index (χ3n) is 3.98. The van der Waals surface area contributed by atoms with Gasteiger partial charge in [-0.15, -0.1) is 0 Å². The van der Waals surface area contributed by atoms with Gasteiger partial charge in [-0.1, -0.05) is 42.5 Å². The van der Waals surface area contributed by atoms with Crippen molar-refractivity contribution >= 4 is 5.96 Å². The topological polar surface area (TPSA) is 54.9 Å². The summed E-state index contributed by atoms with van der Waals surface area (Å²) in [5, 5.41) is 6.61. The molecule has 2 rings (SSSR count). The number of hydrogen-bond acceptors (Lipinski definition) is 3. The van der Waals surface area contributed by atoms with Crippen molar-refractivity contribution in [3.05, 3.63) is 65.7 Å². The fourth-order valence-corrected chi connectivity index (χ4v) is 2.47. The van der Waals surface area contributed by atoms with Crippen LogP contribution in [0.3, 0.4) is 0 Å². The lowest BCUT2D eigenvalue weighted by Crippen LogP contribution is -2.37. The molecule has 26 heavy (non-hydrogen) atoms. The molecule has 5 heteroatoms. The molecule has 0 spiro atoms. The Hall–Kier alpha value is -2.53. The second-order valence-electron chi connectivity index (χ2n) is 5.90.